The summed E-state index contributed by atoms with van der Waals surface area (Å²) in [5.74, 6) is 4.87. The fourth-order valence-corrected chi connectivity index (χ4v) is 5.91. The zero-order valence-corrected chi connectivity index (χ0v) is 20.8. The topological polar surface area (TPSA) is 62.1 Å². The largest absolute Gasteiger partial charge is 0.508 e. The van der Waals surface area contributed by atoms with Crippen LogP contribution in [-0.2, 0) is 5.41 Å². The number of aromatic nitrogens is 3. The van der Waals surface area contributed by atoms with Crippen molar-refractivity contribution < 1.29 is 9.50 Å². The minimum Gasteiger partial charge on any atom is -0.508 e. The van der Waals surface area contributed by atoms with Gasteiger partial charge in [-0.25, -0.2) is 14.4 Å². The molecule has 6 heteroatoms. The lowest BCUT2D eigenvalue weighted by Crippen LogP contribution is -2.37. The smallest absolute Gasteiger partial charge is 0.175 e. The van der Waals surface area contributed by atoms with Crippen molar-refractivity contribution in [3.8, 4) is 29.4 Å². The molecule has 36 heavy (non-hydrogen) atoms. The molecule has 0 amide bonds. The molecule has 1 N–H and O–H groups in total. The van der Waals surface area contributed by atoms with E-state index in [1.54, 1.807) is 12.3 Å². The summed E-state index contributed by atoms with van der Waals surface area (Å²) < 4.78 is 16.4. The van der Waals surface area contributed by atoms with Crippen LogP contribution in [0.15, 0.2) is 36.5 Å². The monoisotopic (exact) mass is 480 g/mol. The maximum Gasteiger partial charge on any atom is 0.175 e. The van der Waals surface area contributed by atoms with Gasteiger partial charge in [0.2, 0.25) is 0 Å². The van der Waals surface area contributed by atoms with Crippen molar-refractivity contribution in [1.29, 1.82) is 0 Å². The molecule has 1 saturated heterocycles. The number of piperidine rings is 1. The predicted molar refractivity (Wildman–Crippen MR) is 142 cm³/mol. The van der Waals surface area contributed by atoms with E-state index in [4.69, 9.17) is 16.4 Å². The highest BCUT2D eigenvalue weighted by Crippen LogP contribution is 2.41. The molecule has 5 nitrogen and oxygen atoms in total. The van der Waals surface area contributed by atoms with Crippen LogP contribution in [0.3, 0.4) is 0 Å². The van der Waals surface area contributed by atoms with Crippen LogP contribution in [0.1, 0.15) is 51.4 Å². The van der Waals surface area contributed by atoms with Gasteiger partial charge in [-0.3, -0.25) is 4.98 Å². The van der Waals surface area contributed by atoms with E-state index in [0.717, 1.165) is 24.3 Å². The zero-order chi connectivity index (χ0) is 25.2. The lowest BCUT2D eigenvalue weighted by atomic mass is 9.94. The first-order valence-corrected chi connectivity index (χ1v) is 12.6. The lowest BCUT2D eigenvalue weighted by molar-refractivity contribution is 0.418. The number of hydrogen-bond donors (Lipinski definition) is 1. The van der Waals surface area contributed by atoms with Crippen LogP contribution in [0, 0.1) is 30.0 Å². The second-order valence-electron chi connectivity index (χ2n) is 11.3. The predicted octanol–water partition coefficient (Wildman–Crippen LogP) is 6.20. The Morgan fingerprint density at radius 2 is 1.86 bits per heavy atom. The molecule has 1 aliphatic heterocycles. The molecule has 0 radical (unpaired) electrons. The first-order chi connectivity index (χ1) is 17.2. The first-order valence-electron chi connectivity index (χ1n) is 12.6. The Kier molecular flexibility index (Phi) is 5.15. The number of benzene rings is 2. The van der Waals surface area contributed by atoms with E-state index in [-0.39, 0.29) is 22.4 Å². The van der Waals surface area contributed by atoms with E-state index in [1.807, 2.05) is 39.0 Å². The molecule has 1 saturated carbocycles. The van der Waals surface area contributed by atoms with E-state index < -0.39 is 5.82 Å². The van der Waals surface area contributed by atoms with Crippen molar-refractivity contribution in [2.45, 2.75) is 45.4 Å². The van der Waals surface area contributed by atoms with Crippen LogP contribution in [0.5, 0.6) is 5.75 Å². The van der Waals surface area contributed by atoms with Crippen molar-refractivity contribution in [3.63, 3.8) is 0 Å². The molecule has 0 spiro atoms. The van der Waals surface area contributed by atoms with Gasteiger partial charge < -0.3 is 10.0 Å². The molecule has 2 aromatic carbocycles. The number of terminal acetylenes is 1. The number of hydrogen-bond acceptors (Lipinski definition) is 5. The molecule has 2 atom stereocenters. The average Bonchev–Trinajstić information content (AvgIpc) is 3.19. The third-order valence-electron chi connectivity index (χ3n) is 7.61. The Morgan fingerprint density at radius 3 is 2.56 bits per heavy atom. The molecule has 3 heterocycles. The van der Waals surface area contributed by atoms with E-state index in [0.29, 0.717) is 39.6 Å². The molecular formula is C30H29FN4O. The van der Waals surface area contributed by atoms with Crippen LogP contribution < -0.4 is 4.90 Å². The van der Waals surface area contributed by atoms with Gasteiger partial charge in [-0.1, -0.05) is 38.8 Å². The number of phenolic OH excluding ortho intramolecular Hbond substituents is 1. The van der Waals surface area contributed by atoms with Gasteiger partial charge in [0.15, 0.2) is 5.82 Å². The standard InChI is InChI=1S/C30H29FN4O/c1-5-19-7-6-8-20-12-21(36)13-22(24(19)20)26-25(31)27-23(14-32-26)28(34-29(33-27)30(2,3)4)35-15-17-9-10-18(11-17)16-35/h1,6-8,12-14,17-18,36H,9-11,15-16H2,2-4H3. The fraction of sp³-hybridized carbons (Fsp3) is 0.367. The number of phenols is 1. The third kappa shape index (κ3) is 3.65. The number of anilines is 1. The van der Waals surface area contributed by atoms with Gasteiger partial charge in [0.25, 0.3) is 0 Å². The van der Waals surface area contributed by atoms with E-state index in [2.05, 4.69) is 15.8 Å². The molecule has 2 unspecified atom stereocenters. The Morgan fingerprint density at radius 1 is 1.11 bits per heavy atom. The Labute approximate surface area is 210 Å². The Hall–Kier alpha value is -3.72. The summed E-state index contributed by atoms with van der Waals surface area (Å²) >= 11 is 0. The Bertz CT molecular complexity index is 1550. The first kappa shape index (κ1) is 22.7. The van der Waals surface area contributed by atoms with Gasteiger partial charge in [-0.15, -0.1) is 6.42 Å². The maximum absolute atomic E-state index is 16.4. The molecule has 4 aromatic rings. The lowest BCUT2D eigenvalue weighted by Gasteiger charge is -2.34. The summed E-state index contributed by atoms with van der Waals surface area (Å²) in [7, 11) is 0. The summed E-state index contributed by atoms with van der Waals surface area (Å²) in [4.78, 5) is 16.6. The fourth-order valence-electron chi connectivity index (χ4n) is 5.91. The minimum absolute atomic E-state index is 0.0236. The van der Waals surface area contributed by atoms with Gasteiger partial charge in [-0.2, -0.15) is 0 Å². The molecular weight excluding hydrogens is 451 g/mol. The number of nitrogens with zero attached hydrogens (tertiary/aromatic N) is 4. The van der Waals surface area contributed by atoms with Crippen molar-refractivity contribution in [2.24, 2.45) is 11.8 Å². The summed E-state index contributed by atoms with van der Waals surface area (Å²) in [6.07, 6.45) is 11.2. The highest BCUT2D eigenvalue weighted by atomic mass is 19.1. The van der Waals surface area contributed by atoms with Crippen molar-refractivity contribution in [3.05, 3.63) is 53.7 Å². The molecule has 2 fully saturated rings. The normalized spacial score (nSPS) is 19.7. The van der Waals surface area contributed by atoms with E-state index in [1.165, 1.54) is 25.3 Å². The second kappa shape index (κ2) is 8.16. The minimum atomic E-state index is -0.527. The highest BCUT2D eigenvalue weighted by molar-refractivity contribution is 6.02. The van der Waals surface area contributed by atoms with Gasteiger partial charge in [-0.05, 0) is 54.7 Å². The number of fused-ring (bicyclic) bond motifs is 4. The van der Waals surface area contributed by atoms with Crippen LogP contribution in [0.25, 0.3) is 32.9 Å². The summed E-state index contributed by atoms with van der Waals surface area (Å²) in [5, 5.41) is 12.5. The summed E-state index contributed by atoms with van der Waals surface area (Å²) in [6.45, 7) is 7.98. The van der Waals surface area contributed by atoms with Gasteiger partial charge in [0, 0.05) is 41.2 Å². The molecule has 2 aromatic heterocycles. The maximum atomic E-state index is 16.4. The molecule has 6 rings (SSSR count). The second-order valence-corrected chi connectivity index (χ2v) is 11.3. The zero-order valence-electron chi connectivity index (χ0n) is 20.8. The summed E-state index contributed by atoms with van der Waals surface area (Å²) in [6, 6.07) is 8.63. The van der Waals surface area contributed by atoms with Gasteiger partial charge in [0.05, 0.1) is 5.39 Å². The van der Waals surface area contributed by atoms with E-state index >= 15 is 4.39 Å². The quantitative estimate of drug-likeness (QED) is 0.346. The SMILES string of the molecule is C#Cc1cccc2cc(O)cc(-c3ncc4c(N5CC6CCC(C6)C5)nc(C(C)(C)C)nc4c3F)c12. The molecule has 2 aliphatic rings. The molecule has 1 aliphatic carbocycles. The van der Waals surface area contributed by atoms with Gasteiger partial charge >= 0.3 is 0 Å². The van der Waals surface area contributed by atoms with Crippen molar-refractivity contribution in [2.75, 3.05) is 18.0 Å². The van der Waals surface area contributed by atoms with Crippen LogP contribution in [-0.4, -0.2) is 33.1 Å². The number of rotatable bonds is 2. The van der Waals surface area contributed by atoms with Crippen LogP contribution in [0.2, 0.25) is 0 Å². The Balaban J connectivity index is 1.61. The molecule has 182 valence electrons. The van der Waals surface area contributed by atoms with Crippen LogP contribution >= 0.6 is 0 Å². The van der Waals surface area contributed by atoms with Crippen LogP contribution in [0.4, 0.5) is 10.2 Å². The molecule has 2 bridgehead atoms. The number of halogens is 1. The number of aromatic hydroxyl groups is 1. The highest BCUT2D eigenvalue weighted by Gasteiger charge is 2.35. The van der Waals surface area contributed by atoms with Gasteiger partial charge in [0.1, 0.15) is 28.6 Å². The third-order valence-corrected chi connectivity index (χ3v) is 7.61. The average molecular weight is 481 g/mol. The summed E-state index contributed by atoms with van der Waals surface area (Å²) in [5.41, 5.74) is 1.08. The van der Waals surface area contributed by atoms with Crippen molar-refractivity contribution >= 4 is 27.5 Å². The van der Waals surface area contributed by atoms with E-state index in [9.17, 15) is 5.11 Å². The number of pyridine rings is 1. The van der Waals surface area contributed by atoms with Crippen molar-refractivity contribution in [1.82, 2.24) is 15.0 Å².